The van der Waals surface area contributed by atoms with Gasteiger partial charge in [-0.05, 0) is 45.7 Å². The van der Waals surface area contributed by atoms with Gasteiger partial charge in [0.05, 0.1) is 11.2 Å². The molecular formula is C15H21NO3. The average Bonchev–Trinajstić information content (AvgIpc) is 2.30. The first-order valence-electron chi connectivity index (χ1n) is 6.62. The van der Waals surface area contributed by atoms with Gasteiger partial charge in [-0.1, -0.05) is 11.6 Å². The number of hydrogen-bond donors (Lipinski definition) is 2. The maximum Gasteiger partial charge on any atom is 0.337 e. The Morgan fingerprint density at radius 2 is 2.21 bits per heavy atom. The lowest BCUT2D eigenvalue weighted by Crippen LogP contribution is -2.40. The number of aromatic carboxylic acids is 1. The fraction of sp³-hybridized carbons (Fsp3) is 0.533. The minimum absolute atomic E-state index is 0.149. The zero-order chi connectivity index (χ0) is 14.0. The van der Waals surface area contributed by atoms with E-state index in [0.717, 1.165) is 18.4 Å². The summed E-state index contributed by atoms with van der Waals surface area (Å²) in [5.41, 5.74) is 1.84. The Morgan fingerprint density at radius 3 is 2.84 bits per heavy atom. The predicted molar refractivity (Wildman–Crippen MR) is 74.8 cm³/mol. The van der Waals surface area contributed by atoms with Crippen LogP contribution in [0, 0.1) is 6.92 Å². The Kier molecular flexibility index (Phi) is 3.80. The second kappa shape index (κ2) is 5.21. The molecule has 1 unspecified atom stereocenters. The molecule has 4 heteroatoms. The molecule has 1 saturated heterocycles. The highest BCUT2D eigenvalue weighted by atomic mass is 16.5. The zero-order valence-corrected chi connectivity index (χ0v) is 11.7. The Hall–Kier alpha value is -1.55. The number of ether oxygens (including phenoxy) is 1. The van der Waals surface area contributed by atoms with E-state index in [4.69, 9.17) is 4.74 Å². The summed E-state index contributed by atoms with van der Waals surface area (Å²) in [6.07, 6.45) is 1.77. The molecule has 0 aliphatic carbocycles. The second-order valence-electron chi connectivity index (χ2n) is 5.80. The Labute approximate surface area is 113 Å². The van der Waals surface area contributed by atoms with Gasteiger partial charge >= 0.3 is 5.97 Å². The summed E-state index contributed by atoms with van der Waals surface area (Å²) in [4.78, 5) is 11.3. The monoisotopic (exact) mass is 263 g/mol. The van der Waals surface area contributed by atoms with Crippen LogP contribution in [0.1, 0.15) is 42.6 Å². The van der Waals surface area contributed by atoms with Crippen LogP contribution in [-0.2, 0) is 4.74 Å². The first-order chi connectivity index (χ1) is 8.87. The number of benzene rings is 1. The smallest absolute Gasteiger partial charge is 0.337 e. The molecular weight excluding hydrogens is 242 g/mol. The summed E-state index contributed by atoms with van der Waals surface area (Å²) in [5.74, 6) is -0.891. The molecule has 0 bridgehead atoms. The predicted octanol–water partition coefficient (Wildman–Crippen LogP) is 3.06. The number of aryl methyl sites for hydroxylation is 1. The minimum Gasteiger partial charge on any atom is -0.478 e. The van der Waals surface area contributed by atoms with Crippen LogP contribution in [0.4, 0.5) is 5.69 Å². The molecule has 1 atom stereocenters. The van der Waals surface area contributed by atoms with E-state index in [2.05, 4.69) is 19.2 Å². The quantitative estimate of drug-likeness (QED) is 0.880. The molecule has 0 spiro atoms. The topological polar surface area (TPSA) is 58.6 Å². The van der Waals surface area contributed by atoms with Gasteiger partial charge in [-0.15, -0.1) is 0 Å². The van der Waals surface area contributed by atoms with Crippen LogP contribution in [-0.4, -0.2) is 29.3 Å². The summed E-state index contributed by atoms with van der Waals surface area (Å²) in [5, 5.41) is 12.6. The third kappa shape index (κ3) is 3.47. The summed E-state index contributed by atoms with van der Waals surface area (Å²) in [7, 11) is 0. The van der Waals surface area contributed by atoms with Crippen molar-refractivity contribution in [2.75, 3.05) is 11.9 Å². The molecule has 0 saturated carbocycles. The van der Waals surface area contributed by atoms with Crippen LogP contribution in [0.25, 0.3) is 0 Å². The van der Waals surface area contributed by atoms with Crippen molar-refractivity contribution >= 4 is 11.7 Å². The van der Waals surface area contributed by atoms with E-state index < -0.39 is 5.97 Å². The van der Waals surface area contributed by atoms with Gasteiger partial charge < -0.3 is 15.2 Å². The van der Waals surface area contributed by atoms with Gasteiger partial charge in [0.15, 0.2) is 0 Å². The third-order valence-electron chi connectivity index (χ3n) is 3.46. The number of carboxylic acids is 1. The fourth-order valence-electron chi connectivity index (χ4n) is 2.54. The van der Waals surface area contributed by atoms with Gasteiger partial charge in [0.2, 0.25) is 0 Å². The molecule has 1 fully saturated rings. The molecule has 104 valence electrons. The van der Waals surface area contributed by atoms with E-state index in [-0.39, 0.29) is 11.6 Å². The van der Waals surface area contributed by atoms with Gasteiger partial charge in [0.1, 0.15) is 0 Å². The van der Waals surface area contributed by atoms with Crippen LogP contribution in [0.2, 0.25) is 0 Å². The van der Waals surface area contributed by atoms with Crippen LogP contribution >= 0.6 is 0 Å². The van der Waals surface area contributed by atoms with Crippen molar-refractivity contribution in [1.29, 1.82) is 0 Å². The summed E-state index contributed by atoms with van der Waals surface area (Å²) in [6.45, 7) is 6.73. The number of carboxylic acid groups (broad SMARTS) is 1. The molecule has 1 heterocycles. The van der Waals surface area contributed by atoms with E-state index in [1.807, 2.05) is 19.1 Å². The molecule has 0 amide bonds. The average molecular weight is 263 g/mol. The lowest BCUT2D eigenvalue weighted by Gasteiger charge is -2.36. The van der Waals surface area contributed by atoms with Crippen LogP contribution in [0.5, 0.6) is 0 Å². The van der Waals surface area contributed by atoms with Gasteiger partial charge in [0, 0.05) is 18.3 Å². The number of carbonyl (C=O) groups is 1. The highest BCUT2D eigenvalue weighted by Crippen LogP contribution is 2.27. The Morgan fingerprint density at radius 1 is 1.47 bits per heavy atom. The van der Waals surface area contributed by atoms with E-state index in [1.54, 1.807) is 6.07 Å². The SMILES string of the molecule is Cc1ccc(NC2CCOC(C)(C)C2)c(C(=O)O)c1. The third-order valence-corrected chi connectivity index (χ3v) is 3.46. The van der Waals surface area contributed by atoms with Gasteiger partial charge in [-0.3, -0.25) is 0 Å². The van der Waals surface area contributed by atoms with Crippen molar-refractivity contribution in [1.82, 2.24) is 0 Å². The van der Waals surface area contributed by atoms with Crippen LogP contribution in [0.15, 0.2) is 18.2 Å². The lowest BCUT2D eigenvalue weighted by molar-refractivity contribution is -0.0553. The molecule has 1 aromatic carbocycles. The standard InChI is InChI=1S/C15H21NO3/c1-10-4-5-13(12(8-10)14(17)18)16-11-6-7-19-15(2,3)9-11/h4-5,8,11,16H,6-7,9H2,1-3H3,(H,17,18). The highest BCUT2D eigenvalue weighted by Gasteiger charge is 2.29. The van der Waals surface area contributed by atoms with Gasteiger partial charge in [-0.2, -0.15) is 0 Å². The largest absolute Gasteiger partial charge is 0.478 e. The maximum absolute atomic E-state index is 11.3. The number of nitrogens with one attached hydrogen (secondary N) is 1. The van der Waals surface area contributed by atoms with Crippen molar-refractivity contribution in [3.63, 3.8) is 0 Å². The normalized spacial score (nSPS) is 21.9. The molecule has 2 rings (SSSR count). The van der Waals surface area contributed by atoms with Crippen molar-refractivity contribution in [2.24, 2.45) is 0 Å². The molecule has 2 N–H and O–H groups in total. The van der Waals surface area contributed by atoms with E-state index in [0.29, 0.717) is 17.9 Å². The number of rotatable bonds is 3. The molecule has 1 aromatic rings. The van der Waals surface area contributed by atoms with Gasteiger partial charge in [0.25, 0.3) is 0 Å². The Balaban J connectivity index is 2.17. The van der Waals surface area contributed by atoms with Crippen LogP contribution < -0.4 is 5.32 Å². The zero-order valence-electron chi connectivity index (χ0n) is 11.7. The molecule has 1 aliphatic rings. The van der Waals surface area contributed by atoms with E-state index in [1.165, 1.54) is 0 Å². The van der Waals surface area contributed by atoms with Crippen molar-refractivity contribution in [3.8, 4) is 0 Å². The Bertz CT molecular complexity index is 482. The summed E-state index contributed by atoms with van der Waals surface area (Å²) < 4.78 is 5.67. The van der Waals surface area contributed by atoms with Gasteiger partial charge in [-0.25, -0.2) is 4.79 Å². The molecule has 0 aromatic heterocycles. The maximum atomic E-state index is 11.3. The van der Waals surface area contributed by atoms with Crippen LogP contribution in [0.3, 0.4) is 0 Å². The van der Waals surface area contributed by atoms with E-state index >= 15 is 0 Å². The lowest BCUT2D eigenvalue weighted by atomic mass is 9.93. The first kappa shape index (κ1) is 13.9. The molecule has 19 heavy (non-hydrogen) atoms. The van der Waals surface area contributed by atoms with Crippen molar-refractivity contribution in [3.05, 3.63) is 29.3 Å². The van der Waals surface area contributed by atoms with Crippen molar-refractivity contribution < 1.29 is 14.6 Å². The first-order valence-corrected chi connectivity index (χ1v) is 6.62. The second-order valence-corrected chi connectivity index (χ2v) is 5.80. The number of anilines is 1. The number of hydrogen-bond acceptors (Lipinski definition) is 3. The van der Waals surface area contributed by atoms with Crippen molar-refractivity contribution in [2.45, 2.75) is 45.3 Å². The minimum atomic E-state index is -0.891. The molecule has 4 nitrogen and oxygen atoms in total. The summed E-state index contributed by atoms with van der Waals surface area (Å²) in [6, 6.07) is 5.74. The van der Waals surface area contributed by atoms with E-state index in [9.17, 15) is 9.90 Å². The molecule has 1 aliphatic heterocycles. The fourth-order valence-corrected chi connectivity index (χ4v) is 2.54. The summed E-state index contributed by atoms with van der Waals surface area (Å²) >= 11 is 0. The molecule has 0 radical (unpaired) electrons. The highest BCUT2D eigenvalue weighted by molar-refractivity contribution is 5.94.